The number of aliphatic imine (C=N–C) groups is 1. The average molecular weight is 267 g/mol. The maximum absolute atomic E-state index is 4.73. The second-order valence-corrected chi connectivity index (χ2v) is 7.68. The molecule has 2 atom stereocenters. The highest BCUT2D eigenvalue weighted by Gasteiger charge is 2.36. The summed E-state index contributed by atoms with van der Waals surface area (Å²) in [5.74, 6) is 1.19. The first-order valence-electron chi connectivity index (χ1n) is 7.32. The quantitative estimate of drug-likeness (QED) is 0.790. The molecule has 18 heavy (non-hydrogen) atoms. The number of thioether (sulfide) groups is 1. The van der Waals surface area contributed by atoms with E-state index in [2.05, 4.69) is 24.1 Å². The van der Waals surface area contributed by atoms with E-state index >= 15 is 0 Å². The molecule has 3 aliphatic rings. The standard InChI is InChI=1S/C14H25N3S/c1-14(2)9-15-13(18-10-14)16-11-6-8-17-7-4-3-5-12(11)17/h11-12H,3-10H2,1-2H3,(H,15,16). The van der Waals surface area contributed by atoms with Gasteiger partial charge in [0.25, 0.3) is 0 Å². The molecule has 4 heteroatoms. The fourth-order valence-electron chi connectivity index (χ4n) is 3.30. The van der Waals surface area contributed by atoms with Gasteiger partial charge < -0.3 is 5.32 Å². The zero-order chi connectivity index (χ0) is 12.6. The zero-order valence-electron chi connectivity index (χ0n) is 11.6. The predicted molar refractivity (Wildman–Crippen MR) is 79.3 cm³/mol. The van der Waals surface area contributed by atoms with E-state index < -0.39 is 0 Å². The van der Waals surface area contributed by atoms with Crippen molar-refractivity contribution in [1.29, 1.82) is 0 Å². The highest BCUT2D eigenvalue weighted by molar-refractivity contribution is 8.13. The number of rotatable bonds is 1. The third-order valence-electron chi connectivity index (χ3n) is 4.42. The molecule has 3 heterocycles. The Balaban J connectivity index is 1.59. The van der Waals surface area contributed by atoms with Crippen molar-refractivity contribution in [3.63, 3.8) is 0 Å². The molecule has 3 aliphatic heterocycles. The van der Waals surface area contributed by atoms with E-state index in [0.717, 1.165) is 12.6 Å². The predicted octanol–water partition coefficient (Wildman–Crippen LogP) is 2.33. The summed E-state index contributed by atoms with van der Waals surface area (Å²) in [7, 11) is 0. The van der Waals surface area contributed by atoms with Crippen molar-refractivity contribution in [2.75, 3.05) is 25.4 Å². The van der Waals surface area contributed by atoms with Crippen LogP contribution in [0.3, 0.4) is 0 Å². The van der Waals surface area contributed by atoms with Gasteiger partial charge in [0, 0.05) is 30.9 Å². The van der Waals surface area contributed by atoms with Crippen molar-refractivity contribution >= 4 is 16.9 Å². The number of hydrogen-bond acceptors (Lipinski definition) is 4. The summed E-state index contributed by atoms with van der Waals surface area (Å²) in [5, 5.41) is 4.93. The van der Waals surface area contributed by atoms with Gasteiger partial charge in [-0.25, -0.2) is 0 Å². The van der Waals surface area contributed by atoms with Crippen molar-refractivity contribution in [2.24, 2.45) is 10.4 Å². The van der Waals surface area contributed by atoms with Gasteiger partial charge in [0.05, 0.1) is 0 Å². The van der Waals surface area contributed by atoms with Crippen LogP contribution in [0.25, 0.3) is 0 Å². The molecular weight excluding hydrogens is 242 g/mol. The Morgan fingerprint density at radius 3 is 2.94 bits per heavy atom. The molecule has 0 spiro atoms. The average Bonchev–Trinajstić information content (AvgIpc) is 2.76. The Morgan fingerprint density at radius 1 is 1.28 bits per heavy atom. The molecule has 0 amide bonds. The molecule has 2 fully saturated rings. The Morgan fingerprint density at radius 2 is 2.17 bits per heavy atom. The van der Waals surface area contributed by atoms with Crippen molar-refractivity contribution in [1.82, 2.24) is 10.2 Å². The Bertz CT molecular complexity index is 340. The SMILES string of the molecule is CC1(C)CN=C(NC2CCN3CCCCC23)SC1. The molecule has 102 valence electrons. The minimum Gasteiger partial charge on any atom is -0.361 e. The summed E-state index contributed by atoms with van der Waals surface area (Å²) < 4.78 is 0. The first-order chi connectivity index (χ1) is 8.64. The molecule has 3 nitrogen and oxygen atoms in total. The van der Waals surface area contributed by atoms with Gasteiger partial charge >= 0.3 is 0 Å². The van der Waals surface area contributed by atoms with Gasteiger partial charge in [-0.05, 0) is 31.2 Å². The number of piperidine rings is 1. The number of fused-ring (bicyclic) bond motifs is 1. The van der Waals surface area contributed by atoms with Crippen LogP contribution in [-0.4, -0.2) is 47.5 Å². The van der Waals surface area contributed by atoms with Crippen molar-refractivity contribution in [3.8, 4) is 0 Å². The lowest BCUT2D eigenvalue weighted by molar-refractivity contribution is 0.185. The minimum absolute atomic E-state index is 0.377. The fourth-order valence-corrected chi connectivity index (χ4v) is 4.31. The summed E-state index contributed by atoms with van der Waals surface area (Å²) in [6, 6.07) is 1.43. The second-order valence-electron chi connectivity index (χ2n) is 6.71. The molecule has 2 unspecified atom stereocenters. The molecule has 0 aromatic rings. The first kappa shape index (κ1) is 12.8. The van der Waals surface area contributed by atoms with E-state index in [9.17, 15) is 0 Å². The third kappa shape index (κ3) is 2.69. The summed E-state index contributed by atoms with van der Waals surface area (Å²) in [4.78, 5) is 7.41. The normalized spacial score (nSPS) is 36.0. The number of amidine groups is 1. The second kappa shape index (κ2) is 5.04. The fraction of sp³-hybridized carbons (Fsp3) is 0.929. The molecule has 3 rings (SSSR count). The molecule has 0 radical (unpaired) electrons. The van der Waals surface area contributed by atoms with Crippen molar-refractivity contribution in [3.05, 3.63) is 0 Å². The van der Waals surface area contributed by atoms with Crippen LogP contribution in [0.15, 0.2) is 4.99 Å². The summed E-state index contributed by atoms with van der Waals surface area (Å²) in [6.07, 6.45) is 5.48. The zero-order valence-corrected chi connectivity index (χ0v) is 12.4. The van der Waals surface area contributed by atoms with Crippen molar-refractivity contribution < 1.29 is 0 Å². The molecule has 0 aromatic heterocycles. The summed E-state index contributed by atoms with van der Waals surface area (Å²) >= 11 is 1.92. The van der Waals surface area contributed by atoms with Crippen LogP contribution in [0.2, 0.25) is 0 Å². The molecule has 0 bridgehead atoms. The van der Waals surface area contributed by atoms with Gasteiger partial charge in [-0.2, -0.15) is 0 Å². The molecule has 1 N–H and O–H groups in total. The van der Waals surface area contributed by atoms with Crippen LogP contribution in [-0.2, 0) is 0 Å². The van der Waals surface area contributed by atoms with Crippen LogP contribution >= 0.6 is 11.8 Å². The first-order valence-corrected chi connectivity index (χ1v) is 8.30. The topological polar surface area (TPSA) is 27.6 Å². The molecular formula is C14H25N3S. The number of nitrogens with one attached hydrogen (secondary N) is 1. The van der Waals surface area contributed by atoms with Crippen LogP contribution in [0.5, 0.6) is 0 Å². The lowest BCUT2D eigenvalue weighted by Gasteiger charge is -2.34. The molecule has 0 aromatic carbocycles. The van der Waals surface area contributed by atoms with Gasteiger partial charge in [0.1, 0.15) is 0 Å². The van der Waals surface area contributed by atoms with E-state index in [1.54, 1.807) is 0 Å². The van der Waals surface area contributed by atoms with Crippen LogP contribution in [0, 0.1) is 5.41 Å². The maximum Gasteiger partial charge on any atom is 0.156 e. The van der Waals surface area contributed by atoms with Gasteiger partial charge in [-0.1, -0.05) is 32.0 Å². The van der Waals surface area contributed by atoms with E-state index in [-0.39, 0.29) is 0 Å². The van der Waals surface area contributed by atoms with Gasteiger partial charge in [0.2, 0.25) is 0 Å². The highest BCUT2D eigenvalue weighted by Crippen LogP contribution is 2.30. The maximum atomic E-state index is 4.73. The van der Waals surface area contributed by atoms with E-state index in [4.69, 9.17) is 4.99 Å². The van der Waals surface area contributed by atoms with Crippen LogP contribution in [0.1, 0.15) is 39.5 Å². The van der Waals surface area contributed by atoms with Gasteiger partial charge in [-0.15, -0.1) is 0 Å². The number of hydrogen-bond donors (Lipinski definition) is 1. The molecule has 0 saturated carbocycles. The van der Waals surface area contributed by atoms with E-state index in [1.165, 1.54) is 49.7 Å². The lowest BCUT2D eigenvalue weighted by atomic mass is 9.97. The van der Waals surface area contributed by atoms with E-state index in [0.29, 0.717) is 11.5 Å². The summed E-state index contributed by atoms with van der Waals surface area (Å²) in [5.41, 5.74) is 0.377. The van der Waals surface area contributed by atoms with Crippen molar-refractivity contribution in [2.45, 2.75) is 51.6 Å². The highest BCUT2D eigenvalue weighted by atomic mass is 32.2. The summed E-state index contributed by atoms with van der Waals surface area (Å²) in [6.45, 7) is 8.18. The van der Waals surface area contributed by atoms with Crippen LogP contribution < -0.4 is 5.32 Å². The minimum atomic E-state index is 0.377. The lowest BCUT2D eigenvalue weighted by Crippen LogP contribution is -2.47. The molecule has 0 aliphatic carbocycles. The third-order valence-corrected chi connectivity index (χ3v) is 5.86. The van der Waals surface area contributed by atoms with Gasteiger partial charge in [0.15, 0.2) is 5.17 Å². The van der Waals surface area contributed by atoms with Crippen LogP contribution in [0.4, 0.5) is 0 Å². The smallest absolute Gasteiger partial charge is 0.156 e. The largest absolute Gasteiger partial charge is 0.361 e. The van der Waals surface area contributed by atoms with Gasteiger partial charge in [-0.3, -0.25) is 9.89 Å². The molecule has 2 saturated heterocycles. The van der Waals surface area contributed by atoms with E-state index in [1.807, 2.05) is 11.8 Å². The Hall–Kier alpha value is -0.220. The Kier molecular flexibility index (Phi) is 3.59. The Labute approximate surface area is 115 Å². The monoisotopic (exact) mass is 267 g/mol. The number of nitrogens with zero attached hydrogens (tertiary/aromatic N) is 2.